The van der Waals surface area contributed by atoms with Gasteiger partial charge in [0, 0.05) is 46.4 Å². The van der Waals surface area contributed by atoms with E-state index in [1.54, 1.807) is 36.2 Å². The van der Waals surface area contributed by atoms with Crippen LogP contribution < -0.4 is 11.1 Å². The minimum atomic E-state index is -0.370. The van der Waals surface area contributed by atoms with Gasteiger partial charge in [-0.1, -0.05) is 0 Å². The first-order chi connectivity index (χ1) is 15.8. The molecule has 0 radical (unpaired) electrons. The van der Waals surface area contributed by atoms with Gasteiger partial charge in [-0.3, -0.25) is 14.8 Å². The third-order valence-electron chi connectivity index (χ3n) is 5.46. The van der Waals surface area contributed by atoms with Gasteiger partial charge in [-0.05, 0) is 73.2 Å². The van der Waals surface area contributed by atoms with Gasteiger partial charge in [-0.2, -0.15) is 0 Å². The molecular formula is C25H24FN5OS. The van der Waals surface area contributed by atoms with Gasteiger partial charge in [0.2, 0.25) is 0 Å². The van der Waals surface area contributed by atoms with Crippen molar-refractivity contribution in [2.45, 2.75) is 31.7 Å². The van der Waals surface area contributed by atoms with Crippen molar-refractivity contribution in [2.75, 3.05) is 12.0 Å². The van der Waals surface area contributed by atoms with Gasteiger partial charge in [0.05, 0.1) is 11.7 Å². The van der Waals surface area contributed by atoms with E-state index in [9.17, 15) is 9.18 Å². The number of nitrogen functional groups attached to an aromatic ring is 1. The fraction of sp³-hybridized carbons (Fsp3) is 0.200. The van der Waals surface area contributed by atoms with E-state index in [0.717, 1.165) is 43.9 Å². The number of carbonyl (C=O) groups is 1. The third kappa shape index (κ3) is 5.12. The molecular weight excluding hydrogens is 437 g/mol. The number of thioether (sulfide) groups is 1. The maximum Gasteiger partial charge on any atom is 0.251 e. The Bertz CT molecular complexity index is 1340. The van der Waals surface area contributed by atoms with Crippen LogP contribution in [0.2, 0.25) is 0 Å². The molecule has 0 aliphatic carbocycles. The number of hydrogen-bond acceptors (Lipinski definition) is 6. The lowest BCUT2D eigenvalue weighted by molar-refractivity contribution is 0.0950. The molecule has 3 aromatic heterocycles. The van der Waals surface area contributed by atoms with E-state index in [2.05, 4.69) is 20.3 Å². The number of aryl methyl sites for hydroxylation is 2. The lowest BCUT2D eigenvalue weighted by Crippen LogP contribution is -2.24. The van der Waals surface area contributed by atoms with Crippen LogP contribution in [0.3, 0.4) is 0 Å². The summed E-state index contributed by atoms with van der Waals surface area (Å²) in [7, 11) is 0. The second-order valence-electron chi connectivity index (χ2n) is 7.85. The topological polar surface area (TPSA) is 93.8 Å². The first-order valence-electron chi connectivity index (χ1n) is 10.4. The molecule has 1 aromatic carbocycles. The van der Waals surface area contributed by atoms with Crippen LogP contribution in [-0.2, 0) is 13.0 Å². The first kappa shape index (κ1) is 22.7. The van der Waals surface area contributed by atoms with Crippen molar-refractivity contribution in [3.05, 3.63) is 88.3 Å². The molecule has 4 aromatic rings. The summed E-state index contributed by atoms with van der Waals surface area (Å²) in [4.78, 5) is 26.7. The zero-order valence-electron chi connectivity index (χ0n) is 18.6. The van der Waals surface area contributed by atoms with Gasteiger partial charge in [0.25, 0.3) is 5.91 Å². The molecule has 3 heterocycles. The van der Waals surface area contributed by atoms with E-state index in [1.165, 1.54) is 12.3 Å². The van der Waals surface area contributed by atoms with E-state index < -0.39 is 0 Å². The van der Waals surface area contributed by atoms with Crippen LogP contribution in [0.4, 0.5) is 10.2 Å². The number of aromatic nitrogens is 3. The van der Waals surface area contributed by atoms with E-state index >= 15 is 0 Å². The third-order valence-corrected chi connectivity index (χ3v) is 6.21. The van der Waals surface area contributed by atoms with Crippen molar-refractivity contribution < 1.29 is 9.18 Å². The highest BCUT2D eigenvalue weighted by molar-refractivity contribution is 7.98. The number of nitrogens with two attached hydrogens (primary N) is 1. The molecule has 0 unspecified atom stereocenters. The zero-order valence-corrected chi connectivity index (χ0v) is 19.5. The van der Waals surface area contributed by atoms with Crippen molar-refractivity contribution in [3.8, 4) is 0 Å². The van der Waals surface area contributed by atoms with Crippen LogP contribution in [0.1, 0.15) is 38.4 Å². The minimum Gasteiger partial charge on any atom is -0.384 e. The standard InChI is InChI=1S/C25H24FN5OS/c1-14-6-23(27)31-15(2)21(14)13-30-25(32)17-4-5-28-20(11-17)8-16-7-18-10-19(26)12-29-24(18)22(9-16)33-3/h4-7,9-12H,8,13H2,1-3H3,(H2,27,31)(H,30,32). The summed E-state index contributed by atoms with van der Waals surface area (Å²) in [5, 5.41) is 3.70. The number of hydrogen-bond donors (Lipinski definition) is 2. The number of halogens is 1. The normalized spacial score (nSPS) is 11.0. The van der Waals surface area contributed by atoms with Gasteiger partial charge in [-0.15, -0.1) is 11.8 Å². The Balaban J connectivity index is 1.53. The lowest BCUT2D eigenvalue weighted by atomic mass is 10.0. The van der Waals surface area contributed by atoms with Crippen LogP contribution in [0.5, 0.6) is 0 Å². The summed E-state index contributed by atoms with van der Waals surface area (Å²) in [6, 6.07) is 10.7. The molecule has 0 atom stereocenters. The Morgan fingerprint density at radius 2 is 1.97 bits per heavy atom. The number of rotatable bonds is 6. The second-order valence-corrected chi connectivity index (χ2v) is 8.69. The molecule has 33 heavy (non-hydrogen) atoms. The average molecular weight is 462 g/mol. The Labute approximate surface area is 195 Å². The predicted octanol–water partition coefficient (Wildman–Crippen LogP) is 4.61. The summed E-state index contributed by atoms with van der Waals surface area (Å²) < 4.78 is 13.7. The van der Waals surface area contributed by atoms with Crippen LogP contribution >= 0.6 is 11.8 Å². The number of anilines is 1. The fourth-order valence-corrected chi connectivity index (χ4v) is 4.49. The fourth-order valence-electron chi connectivity index (χ4n) is 3.86. The van der Waals surface area contributed by atoms with Gasteiger partial charge in [-0.25, -0.2) is 9.37 Å². The quantitative estimate of drug-likeness (QED) is 0.408. The van der Waals surface area contributed by atoms with Crippen LogP contribution in [0.15, 0.2) is 53.7 Å². The van der Waals surface area contributed by atoms with Gasteiger partial charge < -0.3 is 11.1 Å². The van der Waals surface area contributed by atoms with E-state index in [-0.39, 0.29) is 11.7 Å². The second kappa shape index (κ2) is 9.54. The maximum atomic E-state index is 13.7. The van der Waals surface area contributed by atoms with E-state index in [1.807, 2.05) is 32.2 Å². The lowest BCUT2D eigenvalue weighted by Gasteiger charge is -2.12. The molecule has 0 saturated heterocycles. The molecule has 0 aliphatic rings. The number of benzene rings is 1. The Morgan fingerprint density at radius 3 is 2.73 bits per heavy atom. The Morgan fingerprint density at radius 1 is 1.15 bits per heavy atom. The maximum absolute atomic E-state index is 13.7. The Hall–Kier alpha value is -3.52. The van der Waals surface area contributed by atoms with Gasteiger partial charge in [0.1, 0.15) is 11.6 Å². The number of pyridine rings is 3. The number of fused-ring (bicyclic) bond motifs is 1. The Kier molecular flexibility index (Phi) is 6.55. The molecule has 0 aliphatic heterocycles. The first-order valence-corrected chi connectivity index (χ1v) is 11.6. The smallest absolute Gasteiger partial charge is 0.251 e. The largest absolute Gasteiger partial charge is 0.384 e. The van der Waals surface area contributed by atoms with Crippen molar-refractivity contribution in [1.29, 1.82) is 0 Å². The van der Waals surface area contributed by atoms with Crippen molar-refractivity contribution >= 4 is 34.4 Å². The summed E-state index contributed by atoms with van der Waals surface area (Å²) in [5.41, 5.74) is 11.5. The van der Waals surface area contributed by atoms with Gasteiger partial charge >= 0.3 is 0 Å². The van der Waals surface area contributed by atoms with Crippen molar-refractivity contribution in [3.63, 3.8) is 0 Å². The summed E-state index contributed by atoms with van der Waals surface area (Å²) in [6.07, 6.45) is 5.34. The highest BCUT2D eigenvalue weighted by atomic mass is 32.2. The number of nitrogens with zero attached hydrogens (tertiary/aromatic N) is 3. The minimum absolute atomic E-state index is 0.191. The predicted molar refractivity (Wildman–Crippen MR) is 130 cm³/mol. The molecule has 168 valence electrons. The SMILES string of the molecule is CSc1cc(Cc2cc(C(=O)NCc3c(C)cc(N)nc3C)ccn2)cc2cc(F)cnc12. The van der Waals surface area contributed by atoms with Crippen molar-refractivity contribution in [2.24, 2.45) is 0 Å². The van der Waals surface area contributed by atoms with Crippen LogP contribution in [-0.4, -0.2) is 27.1 Å². The van der Waals surface area contributed by atoms with E-state index in [0.29, 0.717) is 24.3 Å². The highest BCUT2D eigenvalue weighted by Gasteiger charge is 2.12. The molecule has 1 amide bonds. The number of nitrogens with one attached hydrogen (secondary N) is 1. The average Bonchev–Trinajstić information content (AvgIpc) is 2.77. The van der Waals surface area contributed by atoms with E-state index in [4.69, 9.17) is 5.73 Å². The molecule has 0 spiro atoms. The number of amides is 1. The summed E-state index contributed by atoms with van der Waals surface area (Å²) in [6.45, 7) is 4.19. The molecule has 8 heteroatoms. The molecule has 0 fully saturated rings. The monoisotopic (exact) mass is 461 g/mol. The van der Waals surface area contributed by atoms with Crippen molar-refractivity contribution in [1.82, 2.24) is 20.3 Å². The highest BCUT2D eigenvalue weighted by Crippen LogP contribution is 2.28. The summed E-state index contributed by atoms with van der Waals surface area (Å²) >= 11 is 1.56. The molecule has 0 saturated carbocycles. The van der Waals surface area contributed by atoms with Crippen LogP contribution in [0, 0.1) is 19.7 Å². The molecule has 4 rings (SSSR count). The number of carbonyl (C=O) groups excluding carboxylic acids is 1. The summed E-state index contributed by atoms with van der Waals surface area (Å²) in [5.74, 6) is -0.0928. The van der Waals surface area contributed by atoms with Gasteiger partial charge in [0.15, 0.2) is 0 Å². The molecule has 3 N–H and O–H groups in total. The zero-order chi connectivity index (χ0) is 23.5. The molecule has 6 nitrogen and oxygen atoms in total. The molecule has 0 bridgehead atoms. The van der Waals surface area contributed by atoms with Crippen LogP contribution in [0.25, 0.3) is 10.9 Å².